The molecule has 0 aliphatic carbocycles. The molecule has 1 heteroatoms. The first kappa shape index (κ1) is 26.4. The van der Waals surface area contributed by atoms with Gasteiger partial charge in [-0.05, 0) is 83.2 Å². The summed E-state index contributed by atoms with van der Waals surface area (Å²) in [5.74, 6) is 0. The van der Waals surface area contributed by atoms with Gasteiger partial charge in [0.25, 0.3) is 0 Å². The van der Waals surface area contributed by atoms with E-state index in [1.165, 1.54) is 65.7 Å². The van der Waals surface area contributed by atoms with Gasteiger partial charge in [0.15, 0.2) is 0 Å². The molecule has 8 rings (SSSR count). The normalized spacial score (nSPS) is 12.0. The Morgan fingerprint density at radius 3 is 1.52 bits per heavy atom. The second kappa shape index (κ2) is 10.2. The lowest BCUT2D eigenvalue weighted by molar-refractivity contribution is 0.591. The highest BCUT2D eigenvalue weighted by molar-refractivity contribution is 6.28. The SMILES string of the molecule is CC(C)(C)c1cc2ccc3c(-c4ccc(-c5ccccc5)cc4)cc(-c4ccc(-c5ccccc5)nc4)c4ccc(c1)c2c34. The number of hydrogen-bond acceptors (Lipinski definition) is 1. The molecule has 0 aliphatic heterocycles. The smallest absolute Gasteiger partial charge is 0.0702 e. The third-order valence-corrected chi connectivity index (χ3v) is 9.03. The van der Waals surface area contributed by atoms with Gasteiger partial charge in [0.2, 0.25) is 0 Å². The summed E-state index contributed by atoms with van der Waals surface area (Å²) in [7, 11) is 0. The van der Waals surface area contributed by atoms with Gasteiger partial charge in [-0.25, -0.2) is 0 Å². The van der Waals surface area contributed by atoms with Crippen LogP contribution in [0.15, 0.2) is 146 Å². The minimum Gasteiger partial charge on any atom is -0.256 e. The van der Waals surface area contributed by atoms with Crippen molar-refractivity contribution in [3.63, 3.8) is 0 Å². The third kappa shape index (κ3) is 4.44. The van der Waals surface area contributed by atoms with Crippen LogP contribution in [0.5, 0.6) is 0 Å². The Morgan fingerprint density at radius 2 is 0.955 bits per heavy atom. The molecular weight excluding hydrogens is 530 g/mol. The van der Waals surface area contributed by atoms with Crippen LogP contribution in [0, 0.1) is 0 Å². The summed E-state index contributed by atoms with van der Waals surface area (Å²) >= 11 is 0. The first-order valence-electron chi connectivity index (χ1n) is 15.4. The molecule has 8 aromatic rings. The van der Waals surface area contributed by atoms with Crippen molar-refractivity contribution in [1.29, 1.82) is 0 Å². The summed E-state index contributed by atoms with van der Waals surface area (Å²) in [5, 5.41) is 7.81. The maximum absolute atomic E-state index is 4.92. The summed E-state index contributed by atoms with van der Waals surface area (Å²) in [5.41, 5.74) is 10.8. The maximum atomic E-state index is 4.92. The number of aromatic nitrogens is 1. The standard InChI is InChI=1S/C43H33N/c1-43(2,3)35-24-32-18-21-36-38(30-16-14-29(15-17-30)28-10-6-4-7-11-28)26-39(37-22-19-33(25-35)41(32)42(36)37)34-20-23-40(44-27-34)31-12-8-5-9-13-31/h4-27H,1-3H3. The molecule has 1 nitrogen and oxygen atoms in total. The largest absolute Gasteiger partial charge is 0.256 e. The number of rotatable bonds is 4. The van der Waals surface area contributed by atoms with Crippen molar-refractivity contribution in [2.75, 3.05) is 0 Å². The highest BCUT2D eigenvalue weighted by Crippen LogP contribution is 2.45. The summed E-state index contributed by atoms with van der Waals surface area (Å²) in [6, 6.07) is 50.8. The summed E-state index contributed by atoms with van der Waals surface area (Å²) < 4.78 is 0. The van der Waals surface area contributed by atoms with Gasteiger partial charge in [0.1, 0.15) is 0 Å². The Labute approximate surface area is 258 Å². The monoisotopic (exact) mass is 563 g/mol. The Hall–Kier alpha value is -5.27. The van der Waals surface area contributed by atoms with E-state index in [9.17, 15) is 0 Å². The van der Waals surface area contributed by atoms with Crippen molar-refractivity contribution in [3.05, 3.63) is 151 Å². The Morgan fingerprint density at radius 1 is 0.432 bits per heavy atom. The van der Waals surface area contributed by atoms with Crippen molar-refractivity contribution in [1.82, 2.24) is 4.98 Å². The first-order valence-corrected chi connectivity index (χ1v) is 15.4. The summed E-state index contributed by atoms with van der Waals surface area (Å²) in [6.45, 7) is 6.88. The minimum atomic E-state index is 0.0768. The molecule has 0 bridgehead atoms. The fraction of sp³-hybridized carbons (Fsp3) is 0.0930. The maximum Gasteiger partial charge on any atom is 0.0702 e. The predicted octanol–water partition coefficient (Wildman–Crippen LogP) is 11.9. The molecule has 44 heavy (non-hydrogen) atoms. The average Bonchev–Trinajstić information content (AvgIpc) is 3.07. The Balaban J connectivity index is 1.37. The molecule has 0 saturated carbocycles. The van der Waals surface area contributed by atoms with Crippen molar-refractivity contribution >= 4 is 32.3 Å². The average molecular weight is 564 g/mol. The van der Waals surface area contributed by atoms with Gasteiger partial charge in [-0.3, -0.25) is 4.98 Å². The lowest BCUT2D eigenvalue weighted by Gasteiger charge is -2.23. The molecule has 0 amide bonds. The van der Waals surface area contributed by atoms with Crippen molar-refractivity contribution in [2.24, 2.45) is 0 Å². The highest BCUT2D eigenvalue weighted by Gasteiger charge is 2.20. The van der Waals surface area contributed by atoms with Gasteiger partial charge in [-0.15, -0.1) is 0 Å². The molecular formula is C43H33N. The molecule has 210 valence electrons. The highest BCUT2D eigenvalue weighted by atomic mass is 14.7. The van der Waals surface area contributed by atoms with E-state index in [1.54, 1.807) is 0 Å². The zero-order chi connectivity index (χ0) is 29.8. The van der Waals surface area contributed by atoms with E-state index < -0.39 is 0 Å². The van der Waals surface area contributed by atoms with Crippen molar-refractivity contribution in [3.8, 4) is 44.6 Å². The quantitative estimate of drug-likeness (QED) is 0.194. The summed E-state index contributed by atoms with van der Waals surface area (Å²) in [4.78, 5) is 4.92. The molecule has 0 spiro atoms. The topological polar surface area (TPSA) is 12.9 Å². The first-order chi connectivity index (χ1) is 21.4. The number of nitrogens with zero attached hydrogens (tertiary/aromatic N) is 1. The molecule has 0 saturated heterocycles. The van der Waals surface area contributed by atoms with Gasteiger partial charge in [0, 0.05) is 17.3 Å². The summed E-state index contributed by atoms with van der Waals surface area (Å²) in [6.07, 6.45) is 2.04. The van der Waals surface area contributed by atoms with Crippen LogP contribution < -0.4 is 0 Å². The minimum absolute atomic E-state index is 0.0768. The van der Waals surface area contributed by atoms with Gasteiger partial charge in [0.05, 0.1) is 5.69 Å². The van der Waals surface area contributed by atoms with Crippen LogP contribution in [0.25, 0.3) is 77.0 Å². The van der Waals surface area contributed by atoms with E-state index in [4.69, 9.17) is 4.98 Å². The lowest BCUT2D eigenvalue weighted by atomic mass is 9.81. The number of pyridine rings is 1. The van der Waals surface area contributed by atoms with Crippen LogP contribution in [0.3, 0.4) is 0 Å². The van der Waals surface area contributed by atoms with Crippen LogP contribution in [0.1, 0.15) is 26.3 Å². The van der Waals surface area contributed by atoms with Crippen LogP contribution in [-0.2, 0) is 5.41 Å². The Bertz CT molecular complexity index is 2100. The van der Waals surface area contributed by atoms with E-state index in [-0.39, 0.29) is 5.41 Å². The number of hydrogen-bond donors (Lipinski definition) is 0. The molecule has 0 fully saturated rings. The predicted molar refractivity (Wildman–Crippen MR) is 188 cm³/mol. The van der Waals surface area contributed by atoms with E-state index in [1.807, 2.05) is 12.3 Å². The van der Waals surface area contributed by atoms with Crippen molar-refractivity contribution in [2.45, 2.75) is 26.2 Å². The van der Waals surface area contributed by atoms with E-state index >= 15 is 0 Å². The van der Waals surface area contributed by atoms with Gasteiger partial charge >= 0.3 is 0 Å². The van der Waals surface area contributed by atoms with E-state index in [0.717, 1.165) is 16.8 Å². The van der Waals surface area contributed by atoms with Gasteiger partial charge in [-0.2, -0.15) is 0 Å². The third-order valence-electron chi connectivity index (χ3n) is 9.03. The zero-order valence-corrected chi connectivity index (χ0v) is 25.3. The second-order valence-corrected chi connectivity index (χ2v) is 12.9. The fourth-order valence-corrected chi connectivity index (χ4v) is 6.63. The molecule has 1 aromatic heterocycles. The van der Waals surface area contributed by atoms with E-state index in [2.05, 4.69) is 154 Å². The zero-order valence-electron chi connectivity index (χ0n) is 25.3. The molecule has 1 heterocycles. The lowest BCUT2D eigenvalue weighted by Crippen LogP contribution is -2.10. The van der Waals surface area contributed by atoms with E-state index in [0.29, 0.717) is 0 Å². The molecule has 0 N–H and O–H groups in total. The van der Waals surface area contributed by atoms with Gasteiger partial charge < -0.3 is 0 Å². The molecule has 0 aliphatic rings. The molecule has 7 aromatic carbocycles. The fourth-order valence-electron chi connectivity index (χ4n) is 6.63. The molecule has 0 radical (unpaired) electrons. The van der Waals surface area contributed by atoms with Crippen LogP contribution in [0.2, 0.25) is 0 Å². The second-order valence-electron chi connectivity index (χ2n) is 12.9. The molecule has 0 unspecified atom stereocenters. The van der Waals surface area contributed by atoms with Crippen LogP contribution in [0.4, 0.5) is 0 Å². The Kier molecular flexibility index (Phi) is 6.10. The molecule has 0 atom stereocenters. The van der Waals surface area contributed by atoms with Crippen LogP contribution >= 0.6 is 0 Å². The number of benzene rings is 7. The van der Waals surface area contributed by atoms with Gasteiger partial charge in [-0.1, -0.05) is 148 Å². The van der Waals surface area contributed by atoms with Crippen LogP contribution in [-0.4, -0.2) is 4.98 Å². The van der Waals surface area contributed by atoms with Crippen molar-refractivity contribution < 1.29 is 0 Å².